The van der Waals surface area contributed by atoms with E-state index in [0.717, 1.165) is 38.6 Å². The van der Waals surface area contributed by atoms with Crippen LogP contribution in [0.2, 0.25) is 0 Å². The highest BCUT2D eigenvalue weighted by atomic mass is 16.2. The number of unbranched alkanes of at least 4 members (excludes halogenated alkanes) is 3. The number of amides is 1. The molecule has 0 aromatic rings. The van der Waals surface area contributed by atoms with Crippen LogP contribution in [0.15, 0.2) is 0 Å². The number of hydrogen-bond donors (Lipinski definition) is 0. The summed E-state index contributed by atoms with van der Waals surface area (Å²) in [5.74, 6) is 1.57. The molecule has 0 aromatic carbocycles. The minimum atomic E-state index is 0.377. The highest BCUT2D eigenvalue weighted by Crippen LogP contribution is 2.21. The van der Waals surface area contributed by atoms with Crippen LogP contribution >= 0.6 is 0 Å². The normalized spacial score (nSPS) is 13.0. The van der Waals surface area contributed by atoms with Gasteiger partial charge in [-0.3, -0.25) is 4.79 Å². The molecule has 120 valence electrons. The Hall–Kier alpha value is -0.530. The van der Waals surface area contributed by atoms with Crippen LogP contribution in [0.25, 0.3) is 0 Å². The van der Waals surface area contributed by atoms with Crippen LogP contribution in [0.5, 0.6) is 0 Å². The Kier molecular flexibility index (Phi) is 10.9. The Bertz CT molecular complexity index is 248. The van der Waals surface area contributed by atoms with Gasteiger partial charge in [-0.2, -0.15) is 0 Å². The van der Waals surface area contributed by atoms with Crippen molar-refractivity contribution in [3.05, 3.63) is 0 Å². The van der Waals surface area contributed by atoms with Crippen molar-refractivity contribution >= 4 is 5.91 Å². The molecule has 2 nitrogen and oxygen atoms in total. The SMILES string of the molecule is CCCCCN(C(=O)CCCC)C(CC(C)C)C(C)C. The lowest BCUT2D eigenvalue weighted by molar-refractivity contribution is -0.135. The smallest absolute Gasteiger partial charge is 0.222 e. The maximum Gasteiger partial charge on any atom is 0.222 e. The van der Waals surface area contributed by atoms with Crippen LogP contribution < -0.4 is 0 Å². The third-order valence-electron chi connectivity index (χ3n) is 3.95. The molecule has 0 N–H and O–H groups in total. The first-order chi connectivity index (χ1) is 9.43. The zero-order valence-corrected chi connectivity index (χ0v) is 14.7. The van der Waals surface area contributed by atoms with E-state index >= 15 is 0 Å². The molecule has 0 heterocycles. The lowest BCUT2D eigenvalue weighted by Gasteiger charge is -2.36. The first-order valence-corrected chi connectivity index (χ1v) is 8.73. The van der Waals surface area contributed by atoms with Crippen molar-refractivity contribution in [3.63, 3.8) is 0 Å². The van der Waals surface area contributed by atoms with Crippen molar-refractivity contribution in [1.82, 2.24) is 4.90 Å². The second-order valence-electron chi connectivity index (χ2n) is 6.84. The van der Waals surface area contributed by atoms with Crippen molar-refractivity contribution in [2.75, 3.05) is 6.54 Å². The predicted molar refractivity (Wildman–Crippen MR) is 88.8 cm³/mol. The minimum absolute atomic E-state index is 0.377. The molecule has 0 fully saturated rings. The molecule has 0 saturated carbocycles. The van der Waals surface area contributed by atoms with E-state index in [0.29, 0.717) is 23.8 Å². The zero-order chi connectivity index (χ0) is 15.5. The summed E-state index contributed by atoms with van der Waals surface area (Å²) in [6.45, 7) is 14.4. The van der Waals surface area contributed by atoms with Gasteiger partial charge in [0, 0.05) is 19.0 Å². The van der Waals surface area contributed by atoms with E-state index in [4.69, 9.17) is 0 Å². The summed E-state index contributed by atoms with van der Waals surface area (Å²) in [6.07, 6.45) is 7.57. The lowest BCUT2D eigenvalue weighted by Crippen LogP contribution is -2.44. The highest BCUT2D eigenvalue weighted by molar-refractivity contribution is 5.76. The maximum atomic E-state index is 12.5. The van der Waals surface area contributed by atoms with Gasteiger partial charge in [-0.05, 0) is 31.1 Å². The number of hydrogen-bond acceptors (Lipinski definition) is 1. The number of nitrogens with zero attached hydrogens (tertiary/aromatic N) is 1. The molecule has 0 aliphatic heterocycles. The van der Waals surface area contributed by atoms with E-state index in [1.54, 1.807) is 0 Å². The summed E-state index contributed by atoms with van der Waals surface area (Å²) in [5.41, 5.74) is 0. The molecule has 1 amide bonds. The summed E-state index contributed by atoms with van der Waals surface area (Å²) in [7, 11) is 0. The van der Waals surface area contributed by atoms with Gasteiger partial charge in [-0.1, -0.05) is 60.8 Å². The van der Waals surface area contributed by atoms with E-state index in [-0.39, 0.29) is 0 Å². The van der Waals surface area contributed by atoms with Gasteiger partial charge in [0.1, 0.15) is 0 Å². The number of rotatable bonds is 11. The summed E-state index contributed by atoms with van der Waals surface area (Å²) >= 11 is 0. The van der Waals surface area contributed by atoms with Gasteiger partial charge in [-0.25, -0.2) is 0 Å². The van der Waals surface area contributed by atoms with Crippen LogP contribution in [0.4, 0.5) is 0 Å². The molecule has 0 aliphatic carbocycles. The fraction of sp³-hybridized carbons (Fsp3) is 0.944. The Morgan fingerprint density at radius 1 is 0.950 bits per heavy atom. The van der Waals surface area contributed by atoms with Crippen LogP contribution in [0, 0.1) is 11.8 Å². The molecule has 20 heavy (non-hydrogen) atoms. The Morgan fingerprint density at radius 2 is 1.55 bits per heavy atom. The van der Waals surface area contributed by atoms with Crippen LogP contribution in [-0.4, -0.2) is 23.4 Å². The van der Waals surface area contributed by atoms with E-state index in [9.17, 15) is 4.79 Å². The van der Waals surface area contributed by atoms with Gasteiger partial charge in [-0.15, -0.1) is 0 Å². The summed E-state index contributed by atoms with van der Waals surface area (Å²) in [5, 5.41) is 0. The third kappa shape index (κ3) is 7.91. The number of carbonyl (C=O) groups is 1. The zero-order valence-electron chi connectivity index (χ0n) is 14.7. The molecule has 2 heteroatoms. The highest BCUT2D eigenvalue weighted by Gasteiger charge is 2.26. The van der Waals surface area contributed by atoms with Gasteiger partial charge in [0.15, 0.2) is 0 Å². The topological polar surface area (TPSA) is 20.3 Å². The largest absolute Gasteiger partial charge is 0.339 e. The molecular formula is C18H37NO. The second-order valence-corrected chi connectivity index (χ2v) is 6.84. The van der Waals surface area contributed by atoms with E-state index in [1.807, 2.05) is 0 Å². The van der Waals surface area contributed by atoms with Crippen LogP contribution in [-0.2, 0) is 4.79 Å². The molecule has 1 unspecified atom stereocenters. The van der Waals surface area contributed by atoms with Crippen LogP contribution in [0.1, 0.15) is 86.5 Å². The van der Waals surface area contributed by atoms with Crippen LogP contribution in [0.3, 0.4) is 0 Å². The molecule has 0 rings (SSSR count). The first-order valence-electron chi connectivity index (χ1n) is 8.73. The fourth-order valence-electron chi connectivity index (χ4n) is 2.72. The third-order valence-corrected chi connectivity index (χ3v) is 3.95. The van der Waals surface area contributed by atoms with Crippen molar-refractivity contribution in [1.29, 1.82) is 0 Å². The minimum Gasteiger partial charge on any atom is -0.339 e. The monoisotopic (exact) mass is 283 g/mol. The van der Waals surface area contributed by atoms with E-state index in [1.165, 1.54) is 12.8 Å². The lowest BCUT2D eigenvalue weighted by atomic mass is 9.92. The Morgan fingerprint density at radius 3 is 2.00 bits per heavy atom. The molecular weight excluding hydrogens is 246 g/mol. The predicted octanol–water partition coefficient (Wildman–Crippen LogP) is 5.27. The van der Waals surface area contributed by atoms with E-state index < -0.39 is 0 Å². The molecule has 0 aliphatic rings. The summed E-state index contributed by atoms with van der Waals surface area (Å²) < 4.78 is 0. The van der Waals surface area contributed by atoms with Crippen molar-refractivity contribution < 1.29 is 4.79 Å². The molecule has 1 atom stereocenters. The van der Waals surface area contributed by atoms with Gasteiger partial charge >= 0.3 is 0 Å². The first kappa shape index (κ1) is 19.5. The standard InChI is InChI=1S/C18H37NO/c1-7-9-11-13-19(18(20)12-10-8-2)17(16(5)6)14-15(3)4/h15-17H,7-14H2,1-6H3. The number of carbonyl (C=O) groups excluding carboxylic acids is 1. The summed E-state index contributed by atoms with van der Waals surface area (Å²) in [4.78, 5) is 14.8. The average Bonchev–Trinajstić information content (AvgIpc) is 2.38. The maximum absolute atomic E-state index is 12.5. The van der Waals surface area contributed by atoms with Gasteiger partial charge in [0.2, 0.25) is 5.91 Å². The molecule has 0 bridgehead atoms. The van der Waals surface area contributed by atoms with Gasteiger partial charge in [0.25, 0.3) is 0 Å². The van der Waals surface area contributed by atoms with Crippen molar-refractivity contribution in [3.8, 4) is 0 Å². The second kappa shape index (κ2) is 11.2. The molecule has 0 saturated heterocycles. The molecule has 0 aromatic heterocycles. The average molecular weight is 284 g/mol. The quantitative estimate of drug-likeness (QED) is 0.473. The fourth-order valence-corrected chi connectivity index (χ4v) is 2.72. The van der Waals surface area contributed by atoms with Gasteiger partial charge < -0.3 is 4.90 Å². The Balaban J connectivity index is 4.78. The van der Waals surface area contributed by atoms with E-state index in [2.05, 4.69) is 46.4 Å². The molecule has 0 spiro atoms. The summed E-state index contributed by atoms with van der Waals surface area (Å²) in [6, 6.07) is 0.413. The van der Waals surface area contributed by atoms with Crippen molar-refractivity contribution in [2.24, 2.45) is 11.8 Å². The Labute approximate surface area is 127 Å². The molecule has 0 radical (unpaired) electrons. The van der Waals surface area contributed by atoms with Crippen molar-refractivity contribution in [2.45, 2.75) is 92.5 Å². The van der Waals surface area contributed by atoms with Gasteiger partial charge in [0.05, 0.1) is 0 Å².